The molecular formula is C14H9N3O. The molecule has 0 bridgehead atoms. The summed E-state index contributed by atoms with van der Waals surface area (Å²) in [7, 11) is 0. The van der Waals surface area contributed by atoms with E-state index in [1.54, 1.807) is 12.3 Å². The van der Waals surface area contributed by atoms with Gasteiger partial charge in [-0.2, -0.15) is 0 Å². The van der Waals surface area contributed by atoms with Crippen LogP contribution < -0.4 is 0 Å². The summed E-state index contributed by atoms with van der Waals surface area (Å²) in [6.45, 7) is 7.17. The lowest BCUT2D eigenvalue weighted by Crippen LogP contribution is -1.92. The summed E-state index contributed by atoms with van der Waals surface area (Å²) in [4.78, 5) is 7.66. The van der Waals surface area contributed by atoms with Gasteiger partial charge in [-0.15, -0.1) is 0 Å². The number of hydrogen-bond acceptors (Lipinski definition) is 2. The predicted octanol–water partition coefficient (Wildman–Crippen LogP) is 3.28. The van der Waals surface area contributed by atoms with Crippen molar-refractivity contribution in [3.63, 3.8) is 0 Å². The summed E-state index contributed by atoms with van der Waals surface area (Å²) in [6.07, 6.45) is 3.12. The lowest BCUT2D eigenvalue weighted by molar-refractivity contribution is 0.474. The van der Waals surface area contributed by atoms with Crippen LogP contribution >= 0.6 is 0 Å². The Bertz CT molecular complexity index is 754. The third-order valence-corrected chi connectivity index (χ3v) is 2.76. The van der Waals surface area contributed by atoms with Crippen LogP contribution in [0.25, 0.3) is 21.6 Å². The van der Waals surface area contributed by atoms with E-state index < -0.39 is 0 Å². The van der Waals surface area contributed by atoms with Gasteiger partial charge >= 0.3 is 0 Å². The molecule has 0 fully saturated rings. The molecule has 0 saturated carbocycles. The van der Waals surface area contributed by atoms with Crippen LogP contribution in [0, 0.1) is 6.57 Å². The van der Waals surface area contributed by atoms with Crippen molar-refractivity contribution in [2.24, 2.45) is 0 Å². The Balaban J connectivity index is 2.35. The number of rotatable bonds is 1. The zero-order chi connectivity index (χ0) is 12.5. The molecule has 2 aromatic heterocycles. The predicted molar refractivity (Wildman–Crippen MR) is 69.0 cm³/mol. The quantitative estimate of drug-likeness (QED) is 0.658. The van der Waals surface area contributed by atoms with E-state index in [2.05, 4.69) is 9.83 Å². The van der Waals surface area contributed by atoms with Crippen molar-refractivity contribution in [2.75, 3.05) is 0 Å². The molecular weight excluding hydrogens is 226 g/mol. The highest BCUT2D eigenvalue weighted by atomic mass is 16.3. The highest BCUT2D eigenvalue weighted by Gasteiger charge is 2.11. The Morgan fingerprint density at radius 2 is 2.00 bits per heavy atom. The van der Waals surface area contributed by atoms with Gasteiger partial charge in [-0.25, -0.2) is 9.83 Å². The molecule has 0 atom stereocenters. The van der Waals surface area contributed by atoms with Crippen LogP contribution in [0.4, 0.5) is 5.69 Å². The van der Waals surface area contributed by atoms with Gasteiger partial charge < -0.3 is 9.67 Å². The fraction of sp³-hybridized carbons (Fsp3) is 0. The van der Waals surface area contributed by atoms with Gasteiger partial charge in [0, 0.05) is 17.3 Å². The molecule has 3 rings (SSSR count). The average Bonchev–Trinajstić information content (AvgIpc) is 2.77. The van der Waals surface area contributed by atoms with Crippen molar-refractivity contribution in [1.29, 1.82) is 0 Å². The minimum atomic E-state index is 0.0678. The van der Waals surface area contributed by atoms with Crippen LogP contribution in [-0.2, 0) is 0 Å². The van der Waals surface area contributed by atoms with Crippen molar-refractivity contribution in [2.45, 2.75) is 0 Å². The van der Waals surface area contributed by atoms with E-state index in [0.717, 1.165) is 5.69 Å². The molecule has 2 heterocycles. The fourth-order valence-corrected chi connectivity index (χ4v) is 1.95. The van der Waals surface area contributed by atoms with Crippen LogP contribution in [0.1, 0.15) is 0 Å². The Morgan fingerprint density at radius 1 is 1.22 bits per heavy atom. The Hall–Kier alpha value is -2.80. The first-order valence-corrected chi connectivity index (χ1v) is 5.42. The van der Waals surface area contributed by atoms with Crippen molar-refractivity contribution in [1.82, 2.24) is 9.55 Å². The Labute approximate surface area is 104 Å². The smallest absolute Gasteiger partial charge is 0.214 e. The summed E-state index contributed by atoms with van der Waals surface area (Å²) < 4.78 is 1.85. The number of hydrogen-bond donors (Lipinski definition) is 1. The molecule has 1 N–H and O–H groups in total. The van der Waals surface area contributed by atoms with E-state index in [0.29, 0.717) is 16.7 Å². The van der Waals surface area contributed by atoms with Crippen molar-refractivity contribution in [3.05, 3.63) is 60.2 Å². The Morgan fingerprint density at radius 3 is 2.72 bits per heavy atom. The number of aromatic hydroxyl groups is 1. The largest absolute Gasteiger partial charge is 0.506 e. The monoisotopic (exact) mass is 235 g/mol. The molecule has 18 heavy (non-hydrogen) atoms. The summed E-state index contributed by atoms with van der Waals surface area (Å²) in [5, 5.41) is 10.1. The molecule has 0 saturated heterocycles. The van der Waals surface area contributed by atoms with Crippen LogP contribution in [-0.4, -0.2) is 14.7 Å². The number of nitrogens with zero attached hydrogens (tertiary/aromatic N) is 3. The molecule has 4 nitrogen and oxygen atoms in total. The molecule has 3 aromatic rings. The first kappa shape index (κ1) is 10.4. The second-order valence-electron chi connectivity index (χ2n) is 3.90. The van der Waals surface area contributed by atoms with Crippen LogP contribution in [0.15, 0.2) is 48.8 Å². The van der Waals surface area contributed by atoms with Crippen molar-refractivity contribution in [3.8, 4) is 11.4 Å². The topological polar surface area (TPSA) is 42.4 Å². The van der Waals surface area contributed by atoms with Gasteiger partial charge in [-0.3, -0.25) is 0 Å². The number of para-hydroxylation sites is 1. The zero-order valence-corrected chi connectivity index (χ0v) is 9.41. The molecule has 0 aliphatic heterocycles. The summed E-state index contributed by atoms with van der Waals surface area (Å²) >= 11 is 0. The van der Waals surface area contributed by atoms with E-state index in [9.17, 15) is 5.11 Å². The number of pyridine rings is 1. The van der Waals surface area contributed by atoms with E-state index in [-0.39, 0.29) is 5.75 Å². The number of fused-ring (bicyclic) bond motifs is 1. The van der Waals surface area contributed by atoms with Gasteiger partial charge in [0.1, 0.15) is 11.4 Å². The molecule has 0 aliphatic carbocycles. The van der Waals surface area contributed by atoms with E-state index >= 15 is 0 Å². The van der Waals surface area contributed by atoms with Crippen molar-refractivity contribution < 1.29 is 5.11 Å². The minimum Gasteiger partial charge on any atom is -0.506 e. The maximum atomic E-state index is 9.46. The normalized spacial score (nSPS) is 10.4. The summed E-state index contributed by atoms with van der Waals surface area (Å²) in [5.41, 5.74) is 2.10. The zero-order valence-electron chi connectivity index (χ0n) is 9.41. The first-order chi connectivity index (χ1) is 8.79. The van der Waals surface area contributed by atoms with Crippen LogP contribution in [0.2, 0.25) is 0 Å². The first-order valence-electron chi connectivity index (χ1n) is 5.42. The van der Waals surface area contributed by atoms with E-state index in [4.69, 9.17) is 6.57 Å². The summed E-state index contributed by atoms with van der Waals surface area (Å²) in [5.74, 6) is 0.0678. The second kappa shape index (κ2) is 3.90. The van der Waals surface area contributed by atoms with Gasteiger partial charge in [0.05, 0.1) is 12.8 Å². The molecule has 0 unspecified atom stereocenters. The fourth-order valence-electron chi connectivity index (χ4n) is 1.95. The van der Waals surface area contributed by atoms with E-state index in [1.807, 2.05) is 34.9 Å². The number of aromatic nitrogens is 2. The molecule has 0 amide bonds. The van der Waals surface area contributed by atoms with Gasteiger partial charge in [-0.1, -0.05) is 18.2 Å². The molecule has 86 valence electrons. The van der Waals surface area contributed by atoms with E-state index in [1.165, 1.54) is 6.20 Å². The molecule has 1 aromatic carbocycles. The van der Waals surface area contributed by atoms with Crippen LogP contribution in [0.5, 0.6) is 5.75 Å². The Kier molecular flexibility index (Phi) is 2.24. The van der Waals surface area contributed by atoms with Gasteiger partial charge in [0.25, 0.3) is 0 Å². The maximum Gasteiger partial charge on any atom is 0.214 e. The SMILES string of the molecule is [C-]#[N+]c1cn(-c2ccccc2)c2ncc(O)cc12. The van der Waals surface area contributed by atoms with Gasteiger partial charge in [0.2, 0.25) is 5.69 Å². The lowest BCUT2D eigenvalue weighted by Gasteiger charge is -2.04. The van der Waals surface area contributed by atoms with Gasteiger partial charge in [-0.05, 0) is 18.2 Å². The van der Waals surface area contributed by atoms with Crippen molar-refractivity contribution >= 4 is 16.7 Å². The lowest BCUT2D eigenvalue weighted by atomic mass is 10.3. The standard InChI is InChI=1S/C14H9N3O/c1-15-13-9-17(10-5-3-2-4-6-10)14-12(13)7-11(18)8-16-14/h2-9,18H. The highest BCUT2D eigenvalue weighted by Crippen LogP contribution is 2.31. The number of benzene rings is 1. The molecule has 0 spiro atoms. The maximum absolute atomic E-state index is 9.46. The van der Waals surface area contributed by atoms with Crippen LogP contribution in [0.3, 0.4) is 0 Å². The molecule has 0 aliphatic rings. The highest BCUT2D eigenvalue weighted by molar-refractivity contribution is 5.93. The minimum absolute atomic E-state index is 0.0678. The third kappa shape index (κ3) is 1.50. The third-order valence-electron chi connectivity index (χ3n) is 2.76. The molecule has 0 radical (unpaired) electrons. The van der Waals surface area contributed by atoms with Gasteiger partial charge in [0.15, 0.2) is 0 Å². The molecule has 4 heteroatoms. The second-order valence-corrected chi connectivity index (χ2v) is 3.90. The average molecular weight is 235 g/mol. The summed E-state index contributed by atoms with van der Waals surface area (Å²) in [6, 6.07) is 11.3.